The Morgan fingerprint density at radius 3 is 2.35 bits per heavy atom. The first-order valence-corrected chi connectivity index (χ1v) is 8.82. The zero-order chi connectivity index (χ0) is 16.7. The maximum atomic E-state index is 12.7. The summed E-state index contributed by atoms with van der Waals surface area (Å²) in [5, 5.41) is 0. The molecule has 0 saturated carbocycles. The first-order valence-electron chi connectivity index (χ1n) is 8.82. The number of amides is 1. The number of carbonyl (C=O) groups excluding carboxylic acids is 1. The number of likely N-dealkylation sites (N-methyl/N-ethyl adjacent to an activating group) is 1. The summed E-state index contributed by atoms with van der Waals surface area (Å²) in [5.74, 6) is 1.16. The quantitative estimate of drug-likeness (QED) is 0.807. The van der Waals surface area contributed by atoms with Gasteiger partial charge in [0, 0.05) is 19.6 Å². The Bertz CT molecular complexity index is 479. The Kier molecular flexibility index (Phi) is 6.90. The van der Waals surface area contributed by atoms with Crippen molar-refractivity contribution in [3.8, 4) is 5.75 Å². The molecule has 0 radical (unpaired) electrons. The number of ether oxygens (including phenoxy) is 1. The van der Waals surface area contributed by atoms with Crippen LogP contribution in [0.25, 0.3) is 0 Å². The second-order valence-electron chi connectivity index (χ2n) is 6.41. The predicted octanol–water partition coefficient (Wildman–Crippen LogP) is 3.31. The number of nitrogens with zero attached hydrogens (tertiary/aromatic N) is 2. The number of benzene rings is 1. The van der Waals surface area contributed by atoms with Gasteiger partial charge in [-0.1, -0.05) is 25.0 Å². The van der Waals surface area contributed by atoms with E-state index in [1.165, 1.54) is 18.4 Å². The third-order valence-corrected chi connectivity index (χ3v) is 4.60. The molecule has 1 heterocycles. The zero-order valence-electron chi connectivity index (χ0n) is 14.8. The molecule has 2 rings (SSSR count). The average molecular weight is 318 g/mol. The summed E-state index contributed by atoms with van der Waals surface area (Å²) in [6.07, 6.45) is 4.78. The topological polar surface area (TPSA) is 32.8 Å². The molecule has 0 aliphatic carbocycles. The molecule has 1 aromatic carbocycles. The summed E-state index contributed by atoms with van der Waals surface area (Å²) in [6, 6.07) is 8.05. The Morgan fingerprint density at radius 2 is 1.78 bits per heavy atom. The van der Waals surface area contributed by atoms with Crippen molar-refractivity contribution in [2.45, 2.75) is 52.1 Å². The van der Waals surface area contributed by atoms with E-state index in [4.69, 9.17) is 4.74 Å². The molecule has 4 nitrogen and oxygen atoms in total. The minimum Gasteiger partial charge on any atom is -0.494 e. The molecule has 23 heavy (non-hydrogen) atoms. The Hall–Kier alpha value is -1.55. The fourth-order valence-corrected chi connectivity index (χ4v) is 3.03. The van der Waals surface area contributed by atoms with Crippen LogP contribution < -0.4 is 4.74 Å². The molecule has 0 N–H and O–H groups in total. The first kappa shape index (κ1) is 17.8. The molecule has 1 aromatic rings. The van der Waals surface area contributed by atoms with Crippen LogP contribution in [0.5, 0.6) is 5.75 Å². The molecule has 128 valence electrons. The van der Waals surface area contributed by atoms with Gasteiger partial charge in [0.2, 0.25) is 5.91 Å². The SMILES string of the molecule is CCOc1ccc(CN(C)C(C)C(=O)N2CCCCCC2)cc1. The summed E-state index contributed by atoms with van der Waals surface area (Å²) < 4.78 is 5.47. The van der Waals surface area contributed by atoms with Gasteiger partial charge in [0.05, 0.1) is 12.6 Å². The van der Waals surface area contributed by atoms with Crippen LogP contribution in [-0.4, -0.2) is 48.5 Å². The highest BCUT2D eigenvalue weighted by atomic mass is 16.5. The van der Waals surface area contributed by atoms with Gasteiger partial charge in [0.1, 0.15) is 5.75 Å². The smallest absolute Gasteiger partial charge is 0.239 e. The van der Waals surface area contributed by atoms with Crippen molar-refractivity contribution in [2.75, 3.05) is 26.7 Å². The van der Waals surface area contributed by atoms with E-state index in [0.717, 1.165) is 38.2 Å². The normalized spacial score (nSPS) is 17.0. The summed E-state index contributed by atoms with van der Waals surface area (Å²) in [4.78, 5) is 16.9. The van der Waals surface area contributed by atoms with E-state index in [1.54, 1.807) is 0 Å². The predicted molar refractivity (Wildman–Crippen MR) is 93.6 cm³/mol. The third-order valence-electron chi connectivity index (χ3n) is 4.60. The van der Waals surface area contributed by atoms with Crippen molar-refractivity contribution < 1.29 is 9.53 Å². The minimum atomic E-state index is -0.0836. The molecule has 1 aliphatic heterocycles. The van der Waals surface area contributed by atoms with E-state index in [2.05, 4.69) is 17.0 Å². The largest absolute Gasteiger partial charge is 0.494 e. The van der Waals surface area contributed by atoms with Crippen LogP contribution in [-0.2, 0) is 11.3 Å². The average Bonchev–Trinajstić information content (AvgIpc) is 2.84. The molecular formula is C19H30N2O2. The minimum absolute atomic E-state index is 0.0836. The highest BCUT2D eigenvalue weighted by Gasteiger charge is 2.24. The van der Waals surface area contributed by atoms with Crippen LogP contribution in [0.1, 0.15) is 45.1 Å². The lowest BCUT2D eigenvalue weighted by Crippen LogP contribution is -2.45. The van der Waals surface area contributed by atoms with Gasteiger partial charge in [-0.3, -0.25) is 9.69 Å². The highest BCUT2D eigenvalue weighted by Crippen LogP contribution is 2.16. The van der Waals surface area contributed by atoms with Crippen LogP contribution >= 0.6 is 0 Å². The van der Waals surface area contributed by atoms with Crippen LogP contribution in [0, 0.1) is 0 Å². The fourth-order valence-electron chi connectivity index (χ4n) is 3.03. The molecule has 1 saturated heterocycles. The first-order chi connectivity index (χ1) is 11.1. The van der Waals surface area contributed by atoms with Gasteiger partial charge >= 0.3 is 0 Å². The van der Waals surface area contributed by atoms with Gasteiger partial charge in [-0.25, -0.2) is 0 Å². The van der Waals surface area contributed by atoms with E-state index in [0.29, 0.717) is 6.61 Å². The lowest BCUT2D eigenvalue weighted by Gasteiger charge is -2.29. The van der Waals surface area contributed by atoms with E-state index in [1.807, 2.05) is 37.9 Å². The number of rotatable bonds is 6. The summed E-state index contributed by atoms with van der Waals surface area (Å²) >= 11 is 0. The van der Waals surface area contributed by atoms with Gasteiger partial charge in [-0.2, -0.15) is 0 Å². The van der Waals surface area contributed by atoms with Crippen molar-refractivity contribution in [3.05, 3.63) is 29.8 Å². The van der Waals surface area contributed by atoms with Gasteiger partial charge in [-0.15, -0.1) is 0 Å². The van der Waals surface area contributed by atoms with Crippen molar-refractivity contribution in [2.24, 2.45) is 0 Å². The number of carbonyl (C=O) groups is 1. The number of likely N-dealkylation sites (tertiary alicyclic amines) is 1. The van der Waals surface area contributed by atoms with Crippen molar-refractivity contribution >= 4 is 5.91 Å². The standard InChI is InChI=1S/C19H30N2O2/c1-4-23-18-11-9-17(10-12-18)15-20(3)16(2)19(22)21-13-7-5-6-8-14-21/h9-12,16H,4-8,13-15H2,1-3H3. The molecule has 1 unspecified atom stereocenters. The molecule has 1 atom stereocenters. The molecule has 0 aromatic heterocycles. The van der Waals surface area contributed by atoms with E-state index in [-0.39, 0.29) is 11.9 Å². The molecule has 0 spiro atoms. The number of hydrogen-bond acceptors (Lipinski definition) is 3. The lowest BCUT2D eigenvalue weighted by atomic mass is 10.1. The van der Waals surface area contributed by atoms with Crippen LogP contribution in [0.3, 0.4) is 0 Å². The second-order valence-corrected chi connectivity index (χ2v) is 6.41. The molecular weight excluding hydrogens is 288 g/mol. The van der Waals surface area contributed by atoms with Crippen molar-refractivity contribution in [1.82, 2.24) is 9.80 Å². The molecule has 0 bridgehead atoms. The molecule has 1 fully saturated rings. The second kappa shape index (κ2) is 8.92. The molecule has 1 aliphatic rings. The lowest BCUT2D eigenvalue weighted by molar-refractivity contribution is -0.136. The van der Waals surface area contributed by atoms with Gasteiger partial charge < -0.3 is 9.64 Å². The maximum absolute atomic E-state index is 12.7. The number of hydrogen-bond donors (Lipinski definition) is 0. The molecule has 4 heteroatoms. The summed E-state index contributed by atoms with van der Waals surface area (Å²) in [7, 11) is 2.02. The van der Waals surface area contributed by atoms with Crippen LogP contribution in [0.15, 0.2) is 24.3 Å². The zero-order valence-corrected chi connectivity index (χ0v) is 14.8. The van der Waals surface area contributed by atoms with Crippen molar-refractivity contribution in [3.63, 3.8) is 0 Å². The Labute approximate surface area is 140 Å². The summed E-state index contributed by atoms with van der Waals surface area (Å²) in [6.45, 7) is 7.29. The van der Waals surface area contributed by atoms with E-state index < -0.39 is 0 Å². The van der Waals surface area contributed by atoms with Gasteiger partial charge in [0.25, 0.3) is 0 Å². The third kappa shape index (κ3) is 5.24. The monoisotopic (exact) mass is 318 g/mol. The molecule has 1 amide bonds. The van der Waals surface area contributed by atoms with Gasteiger partial charge in [-0.05, 0) is 51.4 Å². The Balaban J connectivity index is 1.90. The maximum Gasteiger partial charge on any atom is 0.239 e. The summed E-state index contributed by atoms with van der Waals surface area (Å²) in [5.41, 5.74) is 1.20. The van der Waals surface area contributed by atoms with Gasteiger partial charge in [0.15, 0.2) is 0 Å². The fraction of sp³-hybridized carbons (Fsp3) is 0.632. The Morgan fingerprint density at radius 1 is 1.17 bits per heavy atom. The van der Waals surface area contributed by atoms with Crippen LogP contribution in [0.4, 0.5) is 0 Å². The highest BCUT2D eigenvalue weighted by molar-refractivity contribution is 5.81. The van der Waals surface area contributed by atoms with E-state index in [9.17, 15) is 4.79 Å². The van der Waals surface area contributed by atoms with E-state index >= 15 is 0 Å². The van der Waals surface area contributed by atoms with Crippen molar-refractivity contribution in [1.29, 1.82) is 0 Å². The van der Waals surface area contributed by atoms with Crippen LogP contribution in [0.2, 0.25) is 0 Å².